The molecular weight excluding hydrogens is 266 g/mol. The van der Waals surface area contributed by atoms with E-state index in [9.17, 15) is 22.4 Å². The number of aliphatic hydroxyl groups is 1. The highest BCUT2D eigenvalue weighted by Gasteiger charge is 2.34. The van der Waals surface area contributed by atoms with Gasteiger partial charge in [-0.15, -0.1) is 0 Å². The molecule has 19 heavy (non-hydrogen) atoms. The number of carbonyl (C=O) groups is 1. The second kappa shape index (κ2) is 6.01. The minimum Gasteiger partial charge on any atom is -0.394 e. The zero-order chi connectivity index (χ0) is 14.6. The summed E-state index contributed by atoms with van der Waals surface area (Å²) in [5, 5.41) is 11.2. The molecule has 0 spiro atoms. The number of amides is 1. The highest BCUT2D eigenvalue weighted by Crippen LogP contribution is 2.31. The van der Waals surface area contributed by atoms with E-state index in [0.717, 1.165) is 6.07 Å². The van der Waals surface area contributed by atoms with Crippen molar-refractivity contribution in [1.82, 2.24) is 5.32 Å². The Morgan fingerprint density at radius 2 is 2.05 bits per heavy atom. The number of nitrogens with one attached hydrogen (secondary N) is 1. The SMILES string of the molecule is CCC(CO)NC(=O)c1ccc(F)c(C(F)(F)F)c1. The molecule has 0 bridgehead atoms. The molecular formula is C12H13F4NO2. The van der Waals surface area contributed by atoms with Gasteiger partial charge in [-0.3, -0.25) is 4.79 Å². The summed E-state index contributed by atoms with van der Waals surface area (Å²) in [4.78, 5) is 11.7. The zero-order valence-corrected chi connectivity index (χ0v) is 10.1. The average molecular weight is 279 g/mol. The van der Waals surface area contributed by atoms with Crippen LogP contribution in [0.1, 0.15) is 29.3 Å². The van der Waals surface area contributed by atoms with E-state index in [2.05, 4.69) is 5.32 Å². The molecule has 1 aromatic rings. The first-order chi connectivity index (χ1) is 8.79. The van der Waals surface area contributed by atoms with Crippen LogP contribution in [-0.4, -0.2) is 23.7 Å². The summed E-state index contributed by atoms with van der Waals surface area (Å²) >= 11 is 0. The molecule has 1 amide bonds. The molecule has 3 nitrogen and oxygen atoms in total. The Hall–Kier alpha value is -1.63. The molecule has 0 aliphatic heterocycles. The van der Waals surface area contributed by atoms with Crippen LogP contribution in [0.2, 0.25) is 0 Å². The molecule has 2 N–H and O–H groups in total. The Morgan fingerprint density at radius 1 is 1.42 bits per heavy atom. The van der Waals surface area contributed by atoms with Gasteiger partial charge in [-0.2, -0.15) is 13.2 Å². The summed E-state index contributed by atoms with van der Waals surface area (Å²) in [5.74, 6) is -2.22. The van der Waals surface area contributed by atoms with Crippen LogP contribution in [0.25, 0.3) is 0 Å². The summed E-state index contributed by atoms with van der Waals surface area (Å²) < 4.78 is 50.5. The van der Waals surface area contributed by atoms with Crippen molar-refractivity contribution in [3.63, 3.8) is 0 Å². The van der Waals surface area contributed by atoms with Gasteiger partial charge < -0.3 is 10.4 Å². The van der Waals surface area contributed by atoms with Crippen LogP contribution < -0.4 is 5.32 Å². The third-order valence-electron chi connectivity index (χ3n) is 2.58. The normalized spacial score (nSPS) is 13.2. The van der Waals surface area contributed by atoms with Crippen molar-refractivity contribution in [2.75, 3.05) is 6.61 Å². The summed E-state index contributed by atoms with van der Waals surface area (Å²) in [5.41, 5.74) is -1.79. The van der Waals surface area contributed by atoms with E-state index in [0.29, 0.717) is 18.6 Å². The van der Waals surface area contributed by atoms with E-state index in [-0.39, 0.29) is 12.2 Å². The average Bonchev–Trinajstić information content (AvgIpc) is 2.34. The third kappa shape index (κ3) is 3.92. The van der Waals surface area contributed by atoms with Gasteiger partial charge in [-0.05, 0) is 24.6 Å². The quantitative estimate of drug-likeness (QED) is 0.831. The van der Waals surface area contributed by atoms with Gasteiger partial charge in [-0.1, -0.05) is 6.92 Å². The Balaban J connectivity index is 2.99. The maximum absolute atomic E-state index is 13.0. The number of aliphatic hydroxyl groups excluding tert-OH is 1. The van der Waals surface area contributed by atoms with Crippen molar-refractivity contribution in [2.45, 2.75) is 25.6 Å². The lowest BCUT2D eigenvalue weighted by Gasteiger charge is -2.15. The van der Waals surface area contributed by atoms with E-state index in [1.807, 2.05) is 0 Å². The van der Waals surface area contributed by atoms with Gasteiger partial charge >= 0.3 is 6.18 Å². The lowest BCUT2D eigenvalue weighted by atomic mass is 10.1. The Bertz CT molecular complexity index is 456. The van der Waals surface area contributed by atoms with Crippen LogP contribution in [0.4, 0.5) is 17.6 Å². The predicted molar refractivity (Wildman–Crippen MR) is 60.0 cm³/mol. The predicted octanol–water partition coefficient (Wildman–Crippen LogP) is 2.35. The smallest absolute Gasteiger partial charge is 0.394 e. The molecule has 0 heterocycles. The maximum atomic E-state index is 13.0. The van der Waals surface area contributed by atoms with Gasteiger partial charge in [0.05, 0.1) is 18.2 Å². The van der Waals surface area contributed by atoms with Gasteiger partial charge in [-0.25, -0.2) is 4.39 Å². The number of benzene rings is 1. The number of halogens is 4. The van der Waals surface area contributed by atoms with Crippen molar-refractivity contribution in [1.29, 1.82) is 0 Å². The number of rotatable bonds is 4. The van der Waals surface area contributed by atoms with E-state index >= 15 is 0 Å². The lowest BCUT2D eigenvalue weighted by molar-refractivity contribution is -0.140. The van der Waals surface area contributed by atoms with Crippen molar-refractivity contribution in [3.8, 4) is 0 Å². The Kier molecular flexibility index (Phi) is 4.88. The molecule has 1 rings (SSSR count). The van der Waals surface area contributed by atoms with E-state index < -0.39 is 29.5 Å². The molecule has 1 atom stereocenters. The van der Waals surface area contributed by atoms with E-state index in [1.165, 1.54) is 0 Å². The number of carbonyl (C=O) groups excluding carboxylic acids is 1. The fourth-order valence-corrected chi connectivity index (χ4v) is 1.43. The first kappa shape index (κ1) is 15.4. The molecule has 0 fully saturated rings. The largest absolute Gasteiger partial charge is 0.419 e. The van der Waals surface area contributed by atoms with Crippen LogP contribution in [0.5, 0.6) is 0 Å². The molecule has 0 aromatic heterocycles. The molecule has 1 aromatic carbocycles. The van der Waals surface area contributed by atoms with Crippen molar-refractivity contribution >= 4 is 5.91 Å². The Labute approximate surface area is 107 Å². The molecule has 7 heteroatoms. The fraction of sp³-hybridized carbons (Fsp3) is 0.417. The van der Waals surface area contributed by atoms with Gasteiger partial charge in [0, 0.05) is 5.56 Å². The number of alkyl halides is 3. The summed E-state index contributed by atoms with van der Waals surface area (Å²) in [6, 6.07) is 1.46. The first-order valence-corrected chi connectivity index (χ1v) is 5.58. The summed E-state index contributed by atoms with van der Waals surface area (Å²) in [6.07, 6.45) is -4.43. The minimum absolute atomic E-state index is 0.305. The van der Waals surface area contributed by atoms with Gasteiger partial charge in [0.15, 0.2) is 0 Å². The maximum Gasteiger partial charge on any atom is 0.419 e. The van der Waals surface area contributed by atoms with E-state index in [1.54, 1.807) is 6.92 Å². The third-order valence-corrected chi connectivity index (χ3v) is 2.58. The molecule has 0 radical (unpaired) electrons. The standard InChI is InChI=1S/C12H13F4NO2/c1-2-8(6-18)17-11(19)7-3-4-10(13)9(5-7)12(14,15)16/h3-5,8,18H,2,6H2,1H3,(H,17,19). The first-order valence-electron chi connectivity index (χ1n) is 5.58. The molecule has 1 unspecified atom stereocenters. The van der Waals surface area contributed by atoms with Crippen LogP contribution in [0.3, 0.4) is 0 Å². The van der Waals surface area contributed by atoms with Crippen LogP contribution >= 0.6 is 0 Å². The minimum atomic E-state index is -4.86. The lowest BCUT2D eigenvalue weighted by Crippen LogP contribution is -2.37. The van der Waals surface area contributed by atoms with Gasteiger partial charge in [0.1, 0.15) is 5.82 Å². The van der Waals surface area contributed by atoms with Crippen molar-refractivity contribution in [3.05, 3.63) is 35.1 Å². The van der Waals surface area contributed by atoms with Crippen LogP contribution in [0.15, 0.2) is 18.2 Å². The molecule has 0 saturated carbocycles. The molecule has 106 valence electrons. The van der Waals surface area contributed by atoms with E-state index in [4.69, 9.17) is 5.11 Å². The Morgan fingerprint density at radius 3 is 2.53 bits per heavy atom. The van der Waals surface area contributed by atoms with Crippen LogP contribution in [0, 0.1) is 5.82 Å². The fourth-order valence-electron chi connectivity index (χ4n) is 1.43. The second-order valence-corrected chi connectivity index (χ2v) is 3.95. The van der Waals surface area contributed by atoms with Crippen molar-refractivity contribution < 1.29 is 27.5 Å². The second-order valence-electron chi connectivity index (χ2n) is 3.95. The number of hydrogen-bond acceptors (Lipinski definition) is 2. The molecule has 0 aliphatic carbocycles. The summed E-state index contributed by atoms with van der Waals surface area (Å²) in [7, 11) is 0. The monoisotopic (exact) mass is 279 g/mol. The van der Waals surface area contributed by atoms with Gasteiger partial charge in [0.2, 0.25) is 0 Å². The topological polar surface area (TPSA) is 49.3 Å². The van der Waals surface area contributed by atoms with Crippen molar-refractivity contribution in [2.24, 2.45) is 0 Å². The molecule has 0 aliphatic rings. The van der Waals surface area contributed by atoms with Gasteiger partial charge in [0.25, 0.3) is 5.91 Å². The highest BCUT2D eigenvalue weighted by molar-refractivity contribution is 5.94. The molecule has 0 saturated heterocycles. The van der Waals surface area contributed by atoms with Crippen LogP contribution in [-0.2, 0) is 6.18 Å². The number of hydrogen-bond donors (Lipinski definition) is 2. The highest BCUT2D eigenvalue weighted by atomic mass is 19.4. The zero-order valence-electron chi connectivity index (χ0n) is 10.1. The summed E-state index contributed by atoms with van der Waals surface area (Å²) in [6.45, 7) is 1.38.